The van der Waals surface area contributed by atoms with Gasteiger partial charge >= 0.3 is 0 Å². The molecule has 0 aliphatic heterocycles. The van der Waals surface area contributed by atoms with Crippen molar-refractivity contribution < 1.29 is 9.47 Å². The maximum absolute atomic E-state index is 5.89. The van der Waals surface area contributed by atoms with E-state index in [1.54, 1.807) is 13.3 Å². The van der Waals surface area contributed by atoms with Crippen molar-refractivity contribution in [2.75, 3.05) is 7.11 Å². The summed E-state index contributed by atoms with van der Waals surface area (Å²) in [7, 11) is 1.62. The zero-order valence-corrected chi connectivity index (χ0v) is 11.2. The van der Waals surface area contributed by atoms with Gasteiger partial charge in [0.05, 0.1) is 13.3 Å². The highest BCUT2D eigenvalue weighted by molar-refractivity contribution is 5.91. The first-order chi connectivity index (χ1) is 9.88. The first-order valence-electron chi connectivity index (χ1n) is 6.47. The lowest BCUT2D eigenvalue weighted by atomic mass is 10.1. The van der Waals surface area contributed by atoms with Crippen molar-refractivity contribution in [3.8, 4) is 11.6 Å². The number of pyridine rings is 1. The SMILES string of the molecule is COc1ncc(OCc2ccccc2)c2ccccc12. The Morgan fingerprint density at radius 2 is 1.60 bits per heavy atom. The van der Waals surface area contributed by atoms with Crippen molar-refractivity contribution in [1.82, 2.24) is 4.98 Å². The Bertz CT molecular complexity index is 711. The molecule has 3 aromatic rings. The van der Waals surface area contributed by atoms with E-state index < -0.39 is 0 Å². The van der Waals surface area contributed by atoms with Crippen molar-refractivity contribution >= 4 is 10.8 Å². The number of benzene rings is 2. The van der Waals surface area contributed by atoms with Crippen LogP contribution in [-0.2, 0) is 6.61 Å². The van der Waals surface area contributed by atoms with Crippen molar-refractivity contribution in [2.24, 2.45) is 0 Å². The number of hydrogen-bond acceptors (Lipinski definition) is 3. The number of hydrogen-bond donors (Lipinski definition) is 0. The van der Waals surface area contributed by atoms with Gasteiger partial charge in [-0.25, -0.2) is 4.98 Å². The van der Waals surface area contributed by atoms with Gasteiger partial charge in [-0.2, -0.15) is 0 Å². The summed E-state index contributed by atoms with van der Waals surface area (Å²) in [6, 6.07) is 18.0. The van der Waals surface area contributed by atoms with E-state index in [2.05, 4.69) is 4.98 Å². The van der Waals surface area contributed by atoms with E-state index in [1.165, 1.54) is 0 Å². The molecule has 1 aromatic heterocycles. The Morgan fingerprint density at radius 3 is 2.35 bits per heavy atom. The smallest absolute Gasteiger partial charge is 0.221 e. The Morgan fingerprint density at radius 1 is 0.900 bits per heavy atom. The second-order valence-corrected chi connectivity index (χ2v) is 4.45. The predicted molar refractivity (Wildman–Crippen MR) is 79.1 cm³/mol. The van der Waals surface area contributed by atoms with E-state index >= 15 is 0 Å². The standard InChI is InChI=1S/C17H15NO2/c1-19-17-15-10-6-5-9-14(15)16(11-18-17)20-12-13-7-3-2-4-8-13/h2-11H,12H2,1H3. The summed E-state index contributed by atoms with van der Waals surface area (Å²) in [4.78, 5) is 4.29. The fraction of sp³-hybridized carbons (Fsp3) is 0.118. The molecule has 2 aromatic carbocycles. The van der Waals surface area contributed by atoms with Crippen LogP contribution in [0.25, 0.3) is 10.8 Å². The predicted octanol–water partition coefficient (Wildman–Crippen LogP) is 3.82. The molecule has 0 saturated carbocycles. The summed E-state index contributed by atoms with van der Waals surface area (Å²) >= 11 is 0. The lowest BCUT2D eigenvalue weighted by molar-refractivity contribution is 0.307. The van der Waals surface area contributed by atoms with Gasteiger partial charge in [0.15, 0.2) is 0 Å². The fourth-order valence-electron chi connectivity index (χ4n) is 2.15. The molecule has 0 bridgehead atoms. The molecule has 0 fully saturated rings. The second-order valence-electron chi connectivity index (χ2n) is 4.45. The topological polar surface area (TPSA) is 31.4 Å². The zero-order chi connectivity index (χ0) is 13.8. The van der Waals surface area contributed by atoms with Crippen molar-refractivity contribution in [1.29, 1.82) is 0 Å². The third-order valence-electron chi connectivity index (χ3n) is 3.15. The van der Waals surface area contributed by atoms with Crippen LogP contribution in [0.5, 0.6) is 11.6 Å². The Balaban J connectivity index is 1.92. The normalized spacial score (nSPS) is 10.4. The quantitative estimate of drug-likeness (QED) is 0.718. The molecule has 0 aliphatic rings. The molecular formula is C17H15NO2. The number of rotatable bonds is 4. The number of fused-ring (bicyclic) bond motifs is 1. The highest BCUT2D eigenvalue weighted by atomic mass is 16.5. The van der Waals surface area contributed by atoms with Gasteiger partial charge < -0.3 is 9.47 Å². The van der Waals surface area contributed by atoms with Crippen molar-refractivity contribution in [3.05, 3.63) is 66.4 Å². The molecule has 0 spiro atoms. The molecule has 0 N–H and O–H groups in total. The highest BCUT2D eigenvalue weighted by Gasteiger charge is 2.08. The van der Waals surface area contributed by atoms with Crippen molar-refractivity contribution in [3.63, 3.8) is 0 Å². The summed E-state index contributed by atoms with van der Waals surface area (Å²) in [5, 5.41) is 1.97. The molecule has 20 heavy (non-hydrogen) atoms. The average molecular weight is 265 g/mol. The molecule has 0 aliphatic carbocycles. The summed E-state index contributed by atoms with van der Waals surface area (Å²) in [6.07, 6.45) is 1.71. The van der Waals surface area contributed by atoms with Crippen LogP contribution < -0.4 is 9.47 Å². The molecule has 3 rings (SSSR count). The van der Waals surface area contributed by atoms with Gasteiger partial charge in [-0.05, 0) is 11.6 Å². The number of aromatic nitrogens is 1. The molecule has 0 amide bonds. The van der Waals surface area contributed by atoms with Crippen molar-refractivity contribution in [2.45, 2.75) is 6.61 Å². The minimum Gasteiger partial charge on any atom is -0.487 e. The Kier molecular flexibility index (Phi) is 3.50. The van der Waals surface area contributed by atoms with E-state index in [4.69, 9.17) is 9.47 Å². The van der Waals surface area contributed by atoms with Gasteiger partial charge in [-0.15, -0.1) is 0 Å². The summed E-state index contributed by atoms with van der Waals surface area (Å²) in [6.45, 7) is 0.527. The maximum Gasteiger partial charge on any atom is 0.221 e. The number of methoxy groups -OCH3 is 1. The third kappa shape index (κ3) is 2.43. The number of ether oxygens (including phenoxy) is 2. The van der Waals surface area contributed by atoms with Gasteiger partial charge in [-0.3, -0.25) is 0 Å². The Labute approximate surface area is 117 Å². The van der Waals surface area contributed by atoms with E-state index in [-0.39, 0.29) is 0 Å². The molecule has 0 atom stereocenters. The van der Waals surface area contributed by atoms with E-state index in [9.17, 15) is 0 Å². The molecule has 3 heteroatoms. The molecule has 3 nitrogen and oxygen atoms in total. The minimum absolute atomic E-state index is 0.527. The van der Waals surface area contributed by atoms with Crippen LogP contribution in [-0.4, -0.2) is 12.1 Å². The van der Waals surface area contributed by atoms with Crippen LogP contribution in [0.2, 0.25) is 0 Å². The summed E-state index contributed by atoms with van der Waals surface area (Å²) < 4.78 is 11.2. The van der Waals surface area contributed by atoms with Crippen LogP contribution in [0.4, 0.5) is 0 Å². The monoisotopic (exact) mass is 265 g/mol. The van der Waals surface area contributed by atoms with Crippen LogP contribution in [0.1, 0.15) is 5.56 Å². The first-order valence-corrected chi connectivity index (χ1v) is 6.47. The summed E-state index contributed by atoms with van der Waals surface area (Å²) in [5.74, 6) is 1.39. The molecule has 0 saturated heterocycles. The lowest BCUT2D eigenvalue weighted by Crippen LogP contribution is -1.97. The second kappa shape index (κ2) is 5.61. The van der Waals surface area contributed by atoms with Gasteiger partial charge in [0.1, 0.15) is 12.4 Å². The fourth-order valence-corrected chi connectivity index (χ4v) is 2.15. The average Bonchev–Trinajstić information content (AvgIpc) is 2.53. The first kappa shape index (κ1) is 12.5. The molecule has 0 radical (unpaired) electrons. The van der Waals surface area contributed by atoms with Gasteiger partial charge in [-0.1, -0.05) is 48.5 Å². The number of nitrogens with zero attached hydrogens (tertiary/aromatic N) is 1. The minimum atomic E-state index is 0.527. The highest BCUT2D eigenvalue weighted by Crippen LogP contribution is 2.30. The van der Waals surface area contributed by atoms with E-state index in [0.717, 1.165) is 22.1 Å². The molecule has 100 valence electrons. The Hall–Kier alpha value is -2.55. The summed E-state index contributed by atoms with van der Waals surface area (Å²) in [5.41, 5.74) is 1.13. The largest absolute Gasteiger partial charge is 0.487 e. The van der Waals surface area contributed by atoms with Crippen LogP contribution in [0.15, 0.2) is 60.8 Å². The third-order valence-corrected chi connectivity index (χ3v) is 3.15. The van der Waals surface area contributed by atoms with Gasteiger partial charge in [0, 0.05) is 10.8 Å². The van der Waals surface area contributed by atoms with Crippen LogP contribution >= 0.6 is 0 Å². The van der Waals surface area contributed by atoms with E-state index in [0.29, 0.717) is 12.5 Å². The maximum atomic E-state index is 5.89. The molecule has 1 heterocycles. The zero-order valence-electron chi connectivity index (χ0n) is 11.2. The van der Waals surface area contributed by atoms with Gasteiger partial charge in [0.25, 0.3) is 0 Å². The molecular weight excluding hydrogens is 250 g/mol. The van der Waals surface area contributed by atoms with Crippen LogP contribution in [0, 0.1) is 0 Å². The lowest BCUT2D eigenvalue weighted by Gasteiger charge is -2.11. The molecule has 0 unspecified atom stereocenters. The van der Waals surface area contributed by atoms with Gasteiger partial charge in [0.2, 0.25) is 5.88 Å². The van der Waals surface area contributed by atoms with E-state index in [1.807, 2.05) is 54.6 Å². The van der Waals surface area contributed by atoms with Crippen LogP contribution in [0.3, 0.4) is 0 Å².